The topological polar surface area (TPSA) is 71.9 Å². The molecule has 0 bridgehead atoms. The Bertz CT molecular complexity index is 885. The quantitative estimate of drug-likeness (QED) is 0.730. The molecule has 1 aliphatic rings. The van der Waals surface area contributed by atoms with Crippen LogP contribution >= 0.6 is 0 Å². The molecule has 130 valence electrons. The molecule has 1 aliphatic heterocycles. The second kappa shape index (κ2) is 7.39. The standard InChI is InChI=1S/C20H19N5O/c26-20(16-3-1-7-22-11-16)25-10-2-4-17(13-25)19-18(12-23-14-24-19)15-5-8-21-9-6-15/h1,3,5-9,11-12,14,17H,2,4,10,13H2/t17-/m1/s1. The van der Waals surface area contributed by atoms with Crippen LogP contribution in [-0.4, -0.2) is 43.8 Å². The average Bonchev–Trinajstić information content (AvgIpc) is 2.74. The summed E-state index contributed by atoms with van der Waals surface area (Å²) in [6.07, 6.45) is 12.2. The maximum absolute atomic E-state index is 12.8. The summed E-state index contributed by atoms with van der Waals surface area (Å²) in [6.45, 7) is 1.42. The number of carbonyl (C=O) groups excluding carboxylic acids is 1. The van der Waals surface area contributed by atoms with E-state index >= 15 is 0 Å². The fraction of sp³-hybridized carbons (Fsp3) is 0.250. The van der Waals surface area contributed by atoms with E-state index < -0.39 is 0 Å². The Kier molecular flexibility index (Phi) is 4.64. The first-order chi connectivity index (χ1) is 12.8. The van der Waals surface area contributed by atoms with Crippen LogP contribution in [0.4, 0.5) is 0 Å². The maximum atomic E-state index is 12.8. The summed E-state index contributed by atoms with van der Waals surface area (Å²) < 4.78 is 0. The first-order valence-corrected chi connectivity index (χ1v) is 8.72. The molecule has 6 heteroatoms. The van der Waals surface area contributed by atoms with Gasteiger partial charge in [0, 0.05) is 55.6 Å². The lowest BCUT2D eigenvalue weighted by molar-refractivity contribution is 0.0705. The minimum atomic E-state index is 0.0299. The Balaban J connectivity index is 1.60. The summed E-state index contributed by atoms with van der Waals surface area (Å²) in [5, 5.41) is 0. The van der Waals surface area contributed by atoms with E-state index in [1.807, 2.05) is 29.3 Å². The van der Waals surface area contributed by atoms with Gasteiger partial charge in [-0.15, -0.1) is 0 Å². The predicted octanol–water partition coefficient (Wildman–Crippen LogP) is 2.95. The van der Waals surface area contributed by atoms with E-state index in [0.717, 1.165) is 36.2 Å². The highest BCUT2D eigenvalue weighted by molar-refractivity contribution is 5.94. The molecule has 1 atom stereocenters. The van der Waals surface area contributed by atoms with E-state index in [4.69, 9.17) is 0 Å². The molecule has 4 rings (SSSR count). The van der Waals surface area contributed by atoms with Gasteiger partial charge in [0.1, 0.15) is 6.33 Å². The summed E-state index contributed by atoms with van der Waals surface area (Å²) >= 11 is 0. The number of rotatable bonds is 3. The van der Waals surface area contributed by atoms with Crippen molar-refractivity contribution in [2.45, 2.75) is 18.8 Å². The van der Waals surface area contributed by atoms with Gasteiger partial charge in [-0.1, -0.05) is 0 Å². The Morgan fingerprint density at radius 3 is 2.73 bits per heavy atom. The number of amides is 1. The highest BCUT2D eigenvalue weighted by Gasteiger charge is 2.28. The molecule has 0 radical (unpaired) electrons. The first kappa shape index (κ1) is 16.3. The third-order valence-electron chi connectivity index (χ3n) is 4.74. The number of carbonyl (C=O) groups is 1. The Morgan fingerprint density at radius 1 is 1.04 bits per heavy atom. The summed E-state index contributed by atoms with van der Waals surface area (Å²) in [5.74, 6) is 0.220. The number of aromatic nitrogens is 4. The molecule has 3 aromatic rings. The van der Waals surface area contributed by atoms with Crippen LogP contribution in [0, 0.1) is 0 Å². The number of likely N-dealkylation sites (tertiary alicyclic amines) is 1. The third-order valence-corrected chi connectivity index (χ3v) is 4.74. The van der Waals surface area contributed by atoms with Crippen molar-refractivity contribution in [3.05, 3.63) is 72.8 Å². The molecule has 1 saturated heterocycles. The molecule has 0 unspecified atom stereocenters. The second-order valence-electron chi connectivity index (χ2n) is 6.39. The molecular formula is C20H19N5O. The normalized spacial score (nSPS) is 17.1. The molecule has 0 N–H and O–H groups in total. The molecule has 0 aromatic carbocycles. The number of hydrogen-bond acceptors (Lipinski definition) is 5. The van der Waals surface area contributed by atoms with Gasteiger partial charge in [0.15, 0.2) is 0 Å². The van der Waals surface area contributed by atoms with Crippen LogP contribution in [0.3, 0.4) is 0 Å². The van der Waals surface area contributed by atoms with Crippen LogP contribution in [0.25, 0.3) is 11.1 Å². The Labute approximate surface area is 152 Å². The molecular weight excluding hydrogens is 326 g/mol. The molecule has 1 amide bonds. The van der Waals surface area contributed by atoms with Crippen LogP contribution in [0.15, 0.2) is 61.6 Å². The Morgan fingerprint density at radius 2 is 1.92 bits per heavy atom. The van der Waals surface area contributed by atoms with E-state index in [9.17, 15) is 4.79 Å². The van der Waals surface area contributed by atoms with Crippen LogP contribution < -0.4 is 0 Å². The maximum Gasteiger partial charge on any atom is 0.255 e. The van der Waals surface area contributed by atoms with E-state index in [1.165, 1.54) is 0 Å². The Hall–Kier alpha value is -3.15. The van der Waals surface area contributed by atoms with Crippen LogP contribution in [0.5, 0.6) is 0 Å². The van der Waals surface area contributed by atoms with E-state index in [0.29, 0.717) is 12.1 Å². The number of hydrogen-bond donors (Lipinski definition) is 0. The van der Waals surface area contributed by atoms with Gasteiger partial charge in [-0.2, -0.15) is 0 Å². The van der Waals surface area contributed by atoms with Gasteiger partial charge in [-0.3, -0.25) is 14.8 Å². The van der Waals surface area contributed by atoms with Gasteiger partial charge in [-0.05, 0) is 42.7 Å². The summed E-state index contributed by atoms with van der Waals surface area (Å²) in [6, 6.07) is 7.53. The van der Waals surface area contributed by atoms with E-state index in [-0.39, 0.29) is 11.8 Å². The van der Waals surface area contributed by atoms with Gasteiger partial charge in [0.2, 0.25) is 0 Å². The lowest BCUT2D eigenvalue weighted by Crippen LogP contribution is -2.39. The highest BCUT2D eigenvalue weighted by atomic mass is 16.2. The summed E-state index contributed by atoms with van der Waals surface area (Å²) in [4.78, 5) is 31.6. The average molecular weight is 345 g/mol. The van der Waals surface area contributed by atoms with Crippen LogP contribution in [0.1, 0.15) is 34.8 Å². The molecule has 6 nitrogen and oxygen atoms in total. The molecule has 4 heterocycles. The summed E-state index contributed by atoms with van der Waals surface area (Å²) in [7, 11) is 0. The molecule has 0 aliphatic carbocycles. The lowest BCUT2D eigenvalue weighted by Gasteiger charge is -2.33. The van der Waals surface area contributed by atoms with Crippen molar-refractivity contribution >= 4 is 5.91 Å². The molecule has 0 spiro atoms. The van der Waals surface area contributed by atoms with Crippen LogP contribution in [0.2, 0.25) is 0 Å². The zero-order valence-corrected chi connectivity index (χ0v) is 14.3. The molecule has 26 heavy (non-hydrogen) atoms. The van der Waals surface area contributed by atoms with Gasteiger partial charge < -0.3 is 4.90 Å². The van der Waals surface area contributed by atoms with Crippen LogP contribution in [-0.2, 0) is 0 Å². The van der Waals surface area contributed by atoms with Crippen molar-refractivity contribution in [3.63, 3.8) is 0 Å². The van der Waals surface area contributed by atoms with Gasteiger partial charge >= 0.3 is 0 Å². The molecule has 0 saturated carbocycles. The lowest BCUT2D eigenvalue weighted by atomic mass is 9.90. The zero-order valence-electron chi connectivity index (χ0n) is 14.3. The monoisotopic (exact) mass is 345 g/mol. The van der Waals surface area contributed by atoms with E-state index in [2.05, 4.69) is 19.9 Å². The number of nitrogens with zero attached hydrogens (tertiary/aromatic N) is 5. The number of pyridine rings is 2. The first-order valence-electron chi connectivity index (χ1n) is 8.72. The van der Waals surface area contributed by atoms with Crippen molar-refractivity contribution in [1.82, 2.24) is 24.8 Å². The fourth-order valence-electron chi connectivity index (χ4n) is 3.47. The predicted molar refractivity (Wildman–Crippen MR) is 97.4 cm³/mol. The van der Waals surface area contributed by atoms with Gasteiger partial charge in [0.05, 0.1) is 11.3 Å². The molecule has 1 fully saturated rings. The zero-order chi connectivity index (χ0) is 17.8. The third kappa shape index (κ3) is 3.31. The van der Waals surface area contributed by atoms with Crippen molar-refractivity contribution < 1.29 is 4.79 Å². The van der Waals surface area contributed by atoms with E-state index in [1.54, 1.807) is 37.2 Å². The van der Waals surface area contributed by atoms with Gasteiger partial charge in [0.25, 0.3) is 5.91 Å². The SMILES string of the molecule is O=C(c1cccnc1)N1CCC[C@@H](c2ncncc2-c2ccncc2)C1. The largest absolute Gasteiger partial charge is 0.338 e. The number of piperidine rings is 1. The summed E-state index contributed by atoms with van der Waals surface area (Å²) in [5.41, 5.74) is 3.68. The van der Waals surface area contributed by atoms with Crippen molar-refractivity contribution in [2.75, 3.05) is 13.1 Å². The van der Waals surface area contributed by atoms with Crippen molar-refractivity contribution in [1.29, 1.82) is 0 Å². The minimum Gasteiger partial charge on any atom is -0.338 e. The smallest absolute Gasteiger partial charge is 0.255 e. The van der Waals surface area contributed by atoms with Gasteiger partial charge in [-0.25, -0.2) is 9.97 Å². The van der Waals surface area contributed by atoms with Crippen molar-refractivity contribution in [3.8, 4) is 11.1 Å². The molecule has 3 aromatic heterocycles. The highest BCUT2D eigenvalue weighted by Crippen LogP contribution is 2.32. The van der Waals surface area contributed by atoms with Crippen molar-refractivity contribution in [2.24, 2.45) is 0 Å². The minimum absolute atomic E-state index is 0.0299. The second-order valence-corrected chi connectivity index (χ2v) is 6.39. The fourth-order valence-corrected chi connectivity index (χ4v) is 3.47.